The van der Waals surface area contributed by atoms with Crippen LogP contribution in [0, 0.1) is 0 Å². The summed E-state index contributed by atoms with van der Waals surface area (Å²) in [5, 5.41) is 3.13. The van der Waals surface area contributed by atoms with Crippen molar-refractivity contribution in [1.82, 2.24) is 4.98 Å². The zero-order valence-corrected chi connectivity index (χ0v) is 17.7. The van der Waals surface area contributed by atoms with Crippen molar-refractivity contribution in [3.8, 4) is 33.9 Å². The first kappa shape index (κ1) is 18.6. The van der Waals surface area contributed by atoms with Gasteiger partial charge in [0.05, 0.1) is 31.0 Å². The maximum atomic E-state index is 13.6. The van der Waals surface area contributed by atoms with Crippen molar-refractivity contribution in [2.24, 2.45) is 0 Å². The van der Waals surface area contributed by atoms with Crippen LogP contribution in [-0.2, 0) is 0 Å². The van der Waals surface area contributed by atoms with Crippen molar-refractivity contribution in [1.29, 1.82) is 0 Å². The molecule has 0 spiro atoms. The number of benzene rings is 4. The maximum Gasteiger partial charge on any atom is 0.196 e. The smallest absolute Gasteiger partial charge is 0.196 e. The van der Waals surface area contributed by atoms with Crippen LogP contribution in [0.5, 0.6) is 11.5 Å². The Morgan fingerprint density at radius 3 is 2.16 bits per heavy atom. The summed E-state index contributed by atoms with van der Waals surface area (Å²) < 4.78 is 11.1. The molecule has 0 N–H and O–H groups in total. The van der Waals surface area contributed by atoms with Crippen molar-refractivity contribution in [2.75, 3.05) is 14.2 Å². The highest BCUT2D eigenvalue weighted by Crippen LogP contribution is 2.46. The molecule has 0 radical (unpaired) electrons. The van der Waals surface area contributed by atoms with E-state index in [1.807, 2.05) is 48.5 Å². The molecule has 5 aromatic rings. The van der Waals surface area contributed by atoms with Gasteiger partial charge in [0.15, 0.2) is 17.3 Å². The van der Waals surface area contributed by atoms with Crippen molar-refractivity contribution in [3.63, 3.8) is 0 Å². The maximum absolute atomic E-state index is 13.6. The van der Waals surface area contributed by atoms with E-state index >= 15 is 0 Å². The van der Waals surface area contributed by atoms with E-state index in [0.717, 1.165) is 38.4 Å². The highest BCUT2D eigenvalue weighted by molar-refractivity contribution is 6.27. The summed E-state index contributed by atoms with van der Waals surface area (Å²) in [7, 11) is 3.22. The van der Waals surface area contributed by atoms with Gasteiger partial charge in [-0.15, -0.1) is 0 Å². The van der Waals surface area contributed by atoms with Gasteiger partial charge in [0.25, 0.3) is 0 Å². The van der Waals surface area contributed by atoms with Gasteiger partial charge in [0.1, 0.15) is 0 Å². The summed E-state index contributed by atoms with van der Waals surface area (Å²) in [6, 6.07) is 26.0. The molecule has 1 aliphatic rings. The van der Waals surface area contributed by atoms with Crippen molar-refractivity contribution < 1.29 is 14.3 Å². The molecule has 32 heavy (non-hydrogen) atoms. The molecule has 0 bridgehead atoms. The molecule has 1 aromatic heterocycles. The van der Waals surface area contributed by atoms with Gasteiger partial charge in [0, 0.05) is 28.1 Å². The third-order valence-corrected chi connectivity index (χ3v) is 6.18. The number of aromatic nitrogens is 1. The first-order valence-electron chi connectivity index (χ1n) is 10.4. The molecule has 0 fully saturated rings. The molecule has 0 saturated heterocycles. The SMILES string of the molecule is COc1cc2nc3c(c(-c4ccc5ccccc5c4)c2cc1OC)C(=O)c1ccccc1-3. The first-order chi connectivity index (χ1) is 15.7. The summed E-state index contributed by atoms with van der Waals surface area (Å²) in [6.07, 6.45) is 0. The average molecular weight is 417 g/mol. The standard InChI is InChI=1S/C28H19NO3/c1-31-23-14-21-22(15-24(23)32-2)29-27-19-9-5-6-10-20(19)28(30)26(27)25(21)18-12-11-16-7-3-4-8-17(16)13-18/h3-15H,1-2H3. The van der Waals surface area contributed by atoms with Gasteiger partial charge in [-0.25, -0.2) is 4.98 Å². The van der Waals surface area contributed by atoms with E-state index in [2.05, 4.69) is 30.3 Å². The summed E-state index contributed by atoms with van der Waals surface area (Å²) >= 11 is 0. The Balaban J connectivity index is 1.77. The van der Waals surface area contributed by atoms with Crippen LogP contribution in [0.4, 0.5) is 0 Å². The number of rotatable bonds is 3. The lowest BCUT2D eigenvalue weighted by Gasteiger charge is -2.15. The van der Waals surface area contributed by atoms with Gasteiger partial charge in [-0.3, -0.25) is 4.79 Å². The molecule has 154 valence electrons. The molecule has 6 rings (SSSR count). The molecule has 1 aliphatic carbocycles. The second-order valence-corrected chi connectivity index (χ2v) is 7.87. The van der Waals surface area contributed by atoms with E-state index in [1.54, 1.807) is 14.2 Å². The monoisotopic (exact) mass is 417 g/mol. The lowest BCUT2D eigenvalue weighted by molar-refractivity contribution is 0.104. The topological polar surface area (TPSA) is 48.4 Å². The minimum Gasteiger partial charge on any atom is -0.493 e. The normalized spacial score (nSPS) is 12.1. The van der Waals surface area contributed by atoms with Crippen LogP contribution in [0.2, 0.25) is 0 Å². The number of carbonyl (C=O) groups excluding carboxylic acids is 1. The Hall–Kier alpha value is -4.18. The van der Waals surface area contributed by atoms with E-state index in [-0.39, 0.29) is 5.78 Å². The summed E-state index contributed by atoms with van der Waals surface area (Å²) in [5.41, 5.74) is 5.51. The van der Waals surface area contributed by atoms with E-state index < -0.39 is 0 Å². The van der Waals surface area contributed by atoms with Gasteiger partial charge < -0.3 is 9.47 Å². The van der Waals surface area contributed by atoms with E-state index in [4.69, 9.17) is 14.5 Å². The van der Waals surface area contributed by atoms with Crippen LogP contribution in [0.25, 0.3) is 44.1 Å². The molecule has 0 unspecified atom stereocenters. The van der Waals surface area contributed by atoms with Gasteiger partial charge in [-0.2, -0.15) is 0 Å². The molecule has 4 heteroatoms. The molecular weight excluding hydrogens is 398 g/mol. The number of carbonyl (C=O) groups is 1. The fraction of sp³-hybridized carbons (Fsp3) is 0.0714. The second-order valence-electron chi connectivity index (χ2n) is 7.87. The van der Waals surface area contributed by atoms with Crippen LogP contribution in [0.1, 0.15) is 15.9 Å². The minimum absolute atomic E-state index is 0.00273. The van der Waals surface area contributed by atoms with E-state index in [9.17, 15) is 4.79 Å². The number of pyridine rings is 1. The fourth-order valence-electron chi connectivity index (χ4n) is 4.67. The Kier molecular flexibility index (Phi) is 4.02. The zero-order valence-electron chi connectivity index (χ0n) is 17.7. The second kappa shape index (κ2) is 6.92. The molecule has 0 saturated carbocycles. The number of fused-ring (bicyclic) bond motifs is 5. The average Bonchev–Trinajstić information content (AvgIpc) is 3.13. The lowest BCUT2D eigenvalue weighted by atomic mass is 9.92. The quantitative estimate of drug-likeness (QED) is 0.340. The molecule has 0 amide bonds. The third kappa shape index (κ3) is 2.56. The third-order valence-electron chi connectivity index (χ3n) is 6.18. The van der Waals surface area contributed by atoms with Crippen molar-refractivity contribution in [2.45, 2.75) is 0 Å². The molecule has 1 heterocycles. The van der Waals surface area contributed by atoms with Gasteiger partial charge in [-0.1, -0.05) is 60.7 Å². The van der Waals surface area contributed by atoms with Crippen LogP contribution >= 0.6 is 0 Å². The fourth-order valence-corrected chi connectivity index (χ4v) is 4.67. The number of hydrogen-bond acceptors (Lipinski definition) is 4. The van der Waals surface area contributed by atoms with Crippen LogP contribution < -0.4 is 9.47 Å². The Morgan fingerprint density at radius 1 is 0.688 bits per heavy atom. The predicted molar refractivity (Wildman–Crippen MR) is 127 cm³/mol. The molecular formula is C28H19NO3. The number of hydrogen-bond donors (Lipinski definition) is 0. The molecule has 4 aromatic carbocycles. The Labute approximate surface area is 185 Å². The predicted octanol–water partition coefficient (Wildman–Crippen LogP) is 6.28. The van der Waals surface area contributed by atoms with E-state index in [0.29, 0.717) is 28.3 Å². The van der Waals surface area contributed by atoms with Crippen LogP contribution in [0.15, 0.2) is 78.9 Å². The number of ether oxygens (including phenoxy) is 2. The highest BCUT2D eigenvalue weighted by atomic mass is 16.5. The molecule has 4 nitrogen and oxygen atoms in total. The van der Waals surface area contributed by atoms with Crippen LogP contribution in [0.3, 0.4) is 0 Å². The first-order valence-corrected chi connectivity index (χ1v) is 10.4. The lowest BCUT2D eigenvalue weighted by Crippen LogP contribution is -2.01. The largest absolute Gasteiger partial charge is 0.493 e. The Bertz CT molecular complexity index is 1570. The van der Waals surface area contributed by atoms with Gasteiger partial charge >= 0.3 is 0 Å². The number of nitrogens with zero attached hydrogens (tertiary/aromatic N) is 1. The van der Waals surface area contributed by atoms with Gasteiger partial charge in [0.2, 0.25) is 0 Å². The Morgan fingerprint density at radius 2 is 1.38 bits per heavy atom. The van der Waals surface area contributed by atoms with E-state index in [1.165, 1.54) is 0 Å². The molecule has 0 aliphatic heterocycles. The number of ketones is 1. The highest BCUT2D eigenvalue weighted by Gasteiger charge is 2.32. The summed E-state index contributed by atoms with van der Waals surface area (Å²) in [5.74, 6) is 1.21. The van der Waals surface area contributed by atoms with Crippen LogP contribution in [-0.4, -0.2) is 25.0 Å². The van der Waals surface area contributed by atoms with Crippen molar-refractivity contribution >= 4 is 27.5 Å². The summed E-state index contributed by atoms with van der Waals surface area (Å²) in [4.78, 5) is 18.5. The van der Waals surface area contributed by atoms with Crippen molar-refractivity contribution in [3.05, 3.63) is 90.0 Å². The number of methoxy groups -OCH3 is 2. The minimum atomic E-state index is 0.00273. The zero-order chi connectivity index (χ0) is 21.8. The summed E-state index contributed by atoms with van der Waals surface area (Å²) in [6.45, 7) is 0. The molecule has 0 atom stereocenters. The van der Waals surface area contributed by atoms with Gasteiger partial charge in [-0.05, 0) is 28.5 Å².